The second kappa shape index (κ2) is 4.96. The van der Waals surface area contributed by atoms with Gasteiger partial charge in [0.15, 0.2) is 0 Å². The molecule has 1 nitrogen and oxygen atoms in total. The maximum Gasteiger partial charge on any atom is 0.129 e. The van der Waals surface area contributed by atoms with Crippen molar-refractivity contribution in [1.82, 2.24) is 5.32 Å². The highest BCUT2D eigenvalue weighted by Gasteiger charge is 2.21. The normalized spacial score (nSPS) is 20.6. The van der Waals surface area contributed by atoms with Gasteiger partial charge in [-0.3, -0.25) is 0 Å². The van der Waals surface area contributed by atoms with Crippen molar-refractivity contribution in [3.63, 3.8) is 0 Å². The lowest BCUT2D eigenvalue weighted by atomic mass is 10.0. The highest BCUT2D eigenvalue weighted by atomic mass is 35.5. The quantitative estimate of drug-likeness (QED) is 0.788. The maximum atomic E-state index is 13.4. The molecule has 0 amide bonds. The molecule has 1 aromatic carbocycles. The van der Waals surface area contributed by atoms with E-state index < -0.39 is 0 Å². The van der Waals surface area contributed by atoms with E-state index in [4.69, 9.17) is 11.6 Å². The van der Waals surface area contributed by atoms with Gasteiger partial charge in [-0.2, -0.15) is 0 Å². The van der Waals surface area contributed by atoms with Gasteiger partial charge in [-0.15, -0.1) is 12.4 Å². The summed E-state index contributed by atoms with van der Waals surface area (Å²) >= 11 is 5.93. The van der Waals surface area contributed by atoms with E-state index in [0.717, 1.165) is 19.4 Å². The van der Waals surface area contributed by atoms with Gasteiger partial charge >= 0.3 is 0 Å². The fourth-order valence-electron chi connectivity index (χ4n) is 1.77. The Morgan fingerprint density at radius 1 is 1.43 bits per heavy atom. The molecule has 1 aliphatic heterocycles. The Balaban J connectivity index is 0.000000980. The largest absolute Gasteiger partial charge is 0.310 e. The summed E-state index contributed by atoms with van der Waals surface area (Å²) in [5.74, 6) is -0.202. The van der Waals surface area contributed by atoms with Crippen LogP contribution in [0.5, 0.6) is 0 Å². The minimum atomic E-state index is -0.202. The zero-order chi connectivity index (χ0) is 9.26. The summed E-state index contributed by atoms with van der Waals surface area (Å²) in [6.45, 7) is 0.954. The van der Waals surface area contributed by atoms with Crippen LogP contribution in [0.1, 0.15) is 24.4 Å². The lowest BCUT2D eigenvalue weighted by Crippen LogP contribution is -2.14. The predicted molar refractivity (Wildman–Crippen MR) is 58.6 cm³/mol. The molecule has 14 heavy (non-hydrogen) atoms. The molecule has 0 saturated carbocycles. The van der Waals surface area contributed by atoms with E-state index in [9.17, 15) is 4.39 Å². The van der Waals surface area contributed by atoms with Gasteiger partial charge in [0, 0.05) is 16.6 Å². The summed E-state index contributed by atoms with van der Waals surface area (Å²) in [5.41, 5.74) is 0.627. The van der Waals surface area contributed by atoms with Crippen molar-refractivity contribution in [3.05, 3.63) is 34.6 Å². The first kappa shape index (κ1) is 11.8. The lowest BCUT2D eigenvalue weighted by molar-refractivity contribution is 0.559. The highest BCUT2D eigenvalue weighted by molar-refractivity contribution is 6.31. The van der Waals surface area contributed by atoms with Gasteiger partial charge in [-0.25, -0.2) is 4.39 Å². The standard InChI is InChI=1S/C10H11ClFN.ClH/c11-7-3-1-4-8(12)10(7)9-5-2-6-13-9;/h1,3-4,9,13H,2,5-6H2;1H/t9-;/m0./s1. The van der Waals surface area contributed by atoms with E-state index in [1.165, 1.54) is 6.07 Å². The summed E-state index contributed by atoms with van der Waals surface area (Å²) in [4.78, 5) is 0. The molecule has 1 fully saturated rings. The van der Waals surface area contributed by atoms with E-state index in [2.05, 4.69) is 5.32 Å². The van der Waals surface area contributed by atoms with Crippen molar-refractivity contribution in [2.75, 3.05) is 6.54 Å². The molecule has 1 heterocycles. The molecule has 4 heteroatoms. The van der Waals surface area contributed by atoms with Crippen LogP contribution in [0.15, 0.2) is 18.2 Å². The predicted octanol–water partition coefficient (Wildman–Crippen LogP) is 3.33. The number of hydrogen-bond acceptors (Lipinski definition) is 1. The van der Waals surface area contributed by atoms with Gasteiger partial charge in [0.05, 0.1) is 0 Å². The van der Waals surface area contributed by atoms with Crippen LogP contribution in [-0.4, -0.2) is 6.54 Å². The maximum absolute atomic E-state index is 13.4. The number of hydrogen-bond donors (Lipinski definition) is 1. The van der Waals surface area contributed by atoms with E-state index in [-0.39, 0.29) is 24.3 Å². The number of benzene rings is 1. The SMILES string of the molecule is Cl.Fc1cccc(Cl)c1[C@@H]1CCCN1. The van der Waals surface area contributed by atoms with Gasteiger partial charge in [0.1, 0.15) is 5.82 Å². The molecule has 1 aromatic rings. The first-order chi connectivity index (χ1) is 6.29. The second-order valence-corrected chi connectivity index (χ2v) is 3.69. The Morgan fingerprint density at radius 2 is 2.21 bits per heavy atom. The van der Waals surface area contributed by atoms with Crippen LogP contribution in [0.2, 0.25) is 5.02 Å². The Bertz CT molecular complexity index is 291. The zero-order valence-electron chi connectivity index (χ0n) is 7.59. The van der Waals surface area contributed by atoms with Gasteiger partial charge in [-0.05, 0) is 31.5 Å². The highest BCUT2D eigenvalue weighted by Crippen LogP contribution is 2.30. The van der Waals surface area contributed by atoms with Crippen molar-refractivity contribution in [1.29, 1.82) is 0 Å². The molecule has 78 valence electrons. The third kappa shape index (κ3) is 2.19. The molecular weight excluding hydrogens is 224 g/mol. The Morgan fingerprint density at radius 3 is 2.79 bits per heavy atom. The van der Waals surface area contributed by atoms with E-state index in [1.54, 1.807) is 12.1 Å². The summed E-state index contributed by atoms with van der Waals surface area (Å²) in [6.07, 6.45) is 2.07. The van der Waals surface area contributed by atoms with Crippen LogP contribution < -0.4 is 5.32 Å². The Hall–Kier alpha value is -0.310. The van der Waals surface area contributed by atoms with Crippen LogP contribution in [-0.2, 0) is 0 Å². The molecule has 1 aliphatic rings. The molecule has 1 N–H and O–H groups in total. The fraction of sp³-hybridized carbons (Fsp3) is 0.400. The molecule has 0 aromatic heterocycles. The third-order valence-corrected chi connectivity index (χ3v) is 2.74. The minimum Gasteiger partial charge on any atom is -0.310 e. The average Bonchev–Trinajstić information content (AvgIpc) is 2.57. The zero-order valence-corrected chi connectivity index (χ0v) is 9.17. The number of nitrogens with one attached hydrogen (secondary N) is 1. The summed E-state index contributed by atoms with van der Waals surface area (Å²) in [5, 5.41) is 3.76. The van der Waals surface area contributed by atoms with E-state index in [0.29, 0.717) is 10.6 Å². The molecule has 1 atom stereocenters. The smallest absolute Gasteiger partial charge is 0.129 e. The van der Waals surface area contributed by atoms with Gasteiger partial charge in [-0.1, -0.05) is 17.7 Å². The molecule has 2 rings (SSSR count). The molecule has 0 aliphatic carbocycles. The van der Waals surface area contributed by atoms with Gasteiger partial charge in [0.25, 0.3) is 0 Å². The molecule has 1 saturated heterocycles. The summed E-state index contributed by atoms with van der Waals surface area (Å²) in [7, 11) is 0. The minimum absolute atomic E-state index is 0. The van der Waals surface area contributed by atoms with Crippen molar-refractivity contribution in [3.8, 4) is 0 Å². The Kier molecular flexibility index (Phi) is 4.17. The summed E-state index contributed by atoms with van der Waals surface area (Å²) in [6, 6.07) is 4.94. The first-order valence-electron chi connectivity index (χ1n) is 4.46. The van der Waals surface area contributed by atoms with Crippen molar-refractivity contribution in [2.24, 2.45) is 0 Å². The molecule has 0 bridgehead atoms. The Labute approximate surface area is 94.1 Å². The van der Waals surface area contributed by atoms with Crippen LogP contribution in [0, 0.1) is 5.82 Å². The van der Waals surface area contributed by atoms with Crippen molar-refractivity contribution < 1.29 is 4.39 Å². The fourth-order valence-corrected chi connectivity index (χ4v) is 2.07. The molecule has 0 unspecified atom stereocenters. The van der Waals surface area contributed by atoms with E-state index in [1.807, 2.05) is 0 Å². The lowest BCUT2D eigenvalue weighted by Gasteiger charge is -2.12. The number of halogens is 3. The van der Waals surface area contributed by atoms with Crippen molar-refractivity contribution in [2.45, 2.75) is 18.9 Å². The summed E-state index contributed by atoms with van der Waals surface area (Å²) < 4.78 is 13.4. The van der Waals surface area contributed by atoms with Gasteiger partial charge in [0.2, 0.25) is 0 Å². The van der Waals surface area contributed by atoms with Gasteiger partial charge < -0.3 is 5.32 Å². The van der Waals surface area contributed by atoms with Crippen LogP contribution in [0.3, 0.4) is 0 Å². The third-order valence-electron chi connectivity index (χ3n) is 2.41. The van der Waals surface area contributed by atoms with Crippen LogP contribution >= 0.6 is 24.0 Å². The van der Waals surface area contributed by atoms with Crippen molar-refractivity contribution >= 4 is 24.0 Å². The topological polar surface area (TPSA) is 12.0 Å². The second-order valence-electron chi connectivity index (χ2n) is 3.28. The average molecular weight is 236 g/mol. The molecule has 0 spiro atoms. The van der Waals surface area contributed by atoms with E-state index >= 15 is 0 Å². The monoisotopic (exact) mass is 235 g/mol. The van der Waals surface area contributed by atoms with Crippen LogP contribution in [0.4, 0.5) is 4.39 Å². The van der Waals surface area contributed by atoms with Crippen LogP contribution in [0.25, 0.3) is 0 Å². The number of rotatable bonds is 1. The molecule has 0 radical (unpaired) electrons. The molecular formula is C10H12Cl2FN. The first-order valence-corrected chi connectivity index (χ1v) is 4.84.